The van der Waals surface area contributed by atoms with Gasteiger partial charge >= 0.3 is 5.97 Å². The van der Waals surface area contributed by atoms with Gasteiger partial charge in [-0.3, -0.25) is 9.59 Å². The number of pyridine rings is 1. The molecule has 36 heavy (non-hydrogen) atoms. The zero-order valence-corrected chi connectivity index (χ0v) is 20.7. The second-order valence-electron chi connectivity index (χ2n) is 9.48. The van der Waals surface area contributed by atoms with Crippen molar-refractivity contribution >= 4 is 22.8 Å². The summed E-state index contributed by atoms with van der Waals surface area (Å²) in [6, 6.07) is 10.7. The SMILES string of the molecule is COC(=O)C1CCCCN1C(=O)c1c(OC)cc(=O)n2c1CC[NH+](Cc1cc3ccccc3o1)CC2. The summed E-state index contributed by atoms with van der Waals surface area (Å²) in [7, 11) is 2.81. The Balaban J connectivity index is 1.44. The highest BCUT2D eigenvalue weighted by molar-refractivity contribution is 6.00. The maximum absolute atomic E-state index is 13.9. The highest BCUT2D eigenvalue weighted by atomic mass is 16.5. The smallest absolute Gasteiger partial charge is 0.328 e. The summed E-state index contributed by atoms with van der Waals surface area (Å²) in [4.78, 5) is 42.2. The predicted octanol–water partition coefficient (Wildman–Crippen LogP) is 1.41. The zero-order chi connectivity index (χ0) is 25.2. The number of rotatable bonds is 5. The molecule has 0 saturated carbocycles. The van der Waals surface area contributed by atoms with Crippen molar-refractivity contribution in [1.82, 2.24) is 9.47 Å². The van der Waals surface area contributed by atoms with Crippen LogP contribution < -0.4 is 15.2 Å². The number of carbonyl (C=O) groups is 2. The third kappa shape index (κ3) is 4.51. The summed E-state index contributed by atoms with van der Waals surface area (Å²) in [5, 5.41) is 1.07. The lowest BCUT2D eigenvalue weighted by Crippen LogP contribution is -3.11. The number of amides is 1. The molecule has 0 aliphatic carbocycles. The van der Waals surface area contributed by atoms with Crippen molar-refractivity contribution in [1.29, 1.82) is 0 Å². The van der Waals surface area contributed by atoms with Gasteiger partial charge in [0, 0.05) is 30.1 Å². The molecule has 9 nitrogen and oxygen atoms in total. The Labute approximate surface area is 209 Å². The molecule has 2 atom stereocenters. The van der Waals surface area contributed by atoms with Gasteiger partial charge < -0.3 is 28.3 Å². The van der Waals surface area contributed by atoms with Gasteiger partial charge in [-0.25, -0.2) is 4.79 Å². The van der Waals surface area contributed by atoms with Gasteiger partial charge in [-0.05, 0) is 31.4 Å². The molecule has 0 radical (unpaired) electrons. The van der Waals surface area contributed by atoms with Crippen LogP contribution in [0.3, 0.4) is 0 Å². The Morgan fingerprint density at radius 1 is 1.11 bits per heavy atom. The number of furan rings is 1. The lowest BCUT2D eigenvalue weighted by atomic mass is 9.99. The predicted molar refractivity (Wildman–Crippen MR) is 132 cm³/mol. The minimum Gasteiger partial charge on any atom is -0.496 e. The normalized spacial score (nSPS) is 20.0. The molecule has 1 fully saturated rings. The number of hydrogen-bond donors (Lipinski definition) is 1. The first-order valence-corrected chi connectivity index (χ1v) is 12.5. The van der Waals surface area contributed by atoms with Crippen LogP contribution in [0.25, 0.3) is 11.0 Å². The van der Waals surface area contributed by atoms with Crippen LogP contribution in [0.1, 0.15) is 41.1 Å². The molecule has 5 rings (SSSR count). The van der Waals surface area contributed by atoms with E-state index in [1.165, 1.54) is 25.2 Å². The van der Waals surface area contributed by atoms with Crippen molar-refractivity contribution in [3.05, 3.63) is 63.8 Å². The Morgan fingerprint density at radius 2 is 1.94 bits per heavy atom. The molecule has 2 aliphatic heterocycles. The Hall–Kier alpha value is -3.59. The number of methoxy groups -OCH3 is 2. The van der Waals surface area contributed by atoms with E-state index in [-0.39, 0.29) is 17.2 Å². The number of ether oxygens (including phenoxy) is 2. The maximum Gasteiger partial charge on any atom is 0.328 e. The van der Waals surface area contributed by atoms with E-state index in [4.69, 9.17) is 13.9 Å². The third-order valence-corrected chi connectivity index (χ3v) is 7.36. The first-order chi connectivity index (χ1) is 17.5. The average Bonchev–Trinajstić information content (AvgIpc) is 3.20. The Bertz CT molecular complexity index is 1310. The van der Waals surface area contributed by atoms with E-state index in [2.05, 4.69) is 6.07 Å². The van der Waals surface area contributed by atoms with E-state index in [9.17, 15) is 14.4 Å². The van der Waals surface area contributed by atoms with Gasteiger partial charge in [0.2, 0.25) is 0 Å². The molecule has 1 amide bonds. The van der Waals surface area contributed by atoms with Gasteiger partial charge in [0.25, 0.3) is 11.5 Å². The van der Waals surface area contributed by atoms with Crippen LogP contribution in [-0.2, 0) is 29.0 Å². The van der Waals surface area contributed by atoms with Crippen molar-refractivity contribution in [2.45, 2.75) is 44.8 Å². The Kier molecular flexibility index (Phi) is 6.82. The minimum atomic E-state index is -0.630. The fourth-order valence-corrected chi connectivity index (χ4v) is 5.50. The van der Waals surface area contributed by atoms with Crippen LogP contribution in [0.5, 0.6) is 5.75 Å². The lowest BCUT2D eigenvalue weighted by molar-refractivity contribution is -0.914. The number of likely N-dealkylation sites (tertiary alicyclic amines) is 1. The number of carbonyl (C=O) groups excluding carboxylic acids is 2. The second kappa shape index (κ2) is 10.2. The number of hydrogen-bond acceptors (Lipinski definition) is 6. The van der Waals surface area contributed by atoms with Gasteiger partial charge in [-0.15, -0.1) is 0 Å². The van der Waals surface area contributed by atoms with Gasteiger partial charge in [-0.2, -0.15) is 0 Å². The van der Waals surface area contributed by atoms with Crippen molar-refractivity contribution < 1.29 is 28.4 Å². The number of benzene rings is 1. The van der Waals surface area contributed by atoms with Crippen molar-refractivity contribution in [2.75, 3.05) is 33.9 Å². The molecule has 0 bridgehead atoms. The van der Waals surface area contributed by atoms with E-state index in [0.717, 1.165) is 42.7 Å². The quantitative estimate of drug-likeness (QED) is 0.539. The van der Waals surface area contributed by atoms with E-state index < -0.39 is 12.0 Å². The largest absolute Gasteiger partial charge is 0.496 e. The summed E-state index contributed by atoms with van der Waals surface area (Å²) in [6.07, 6.45) is 2.75. The number of piperidine rings is 1. The van der Waals surface area contributed by atoms with Crippen molar-refractivity contribution in [3.63, 3.8) is 0 Å². The number of esters is 1. The number of aromatic nitrogens is 1. The summed E-state index contributed by atoms with van der Waals surface area (Å²) < 4.78 is 18.2. The molecule has 9 heteroatoms. The van der Waals surface area contributed by atoms with Crippen LogP contribution in [0.4, 0.5) is 0 Å². The summed E-state index contributed by atoms with van der Waals surface area (Å²) in [5.74, 6) is 0.452. The molecule has 2 aliphatic rings. The number of fused-ring (bicyclic) bond motifs is 2. The highest BCUT2D eigenvalue weighted by Gasteiger charge is 2.37. The molecule has 1 N–H and O–H groups in total. The van der Waals surface area contributed by atoms with Crippen LogP contribution in [0.2, 0.25) is 0 Å². The van der Waals surface area contributed by atoms with E-state index in [1.807, 2.05) is 24.3 Å². The minimum absolute atomic E-state index is 0.188. The van der Waals surface area contributed by atoms with Gasteiger partial charge in [0.05, 0.1) is 33.9 Å². The summed E-state index contributed by atoms with van der Waals surface area (Å²) in [5.41, 5.74) is 1.71. The summed E-state index contributed by atoms with van der Waals surface area (Å²) >= 11 is 0. The molecular formula is C27H32N3O6+. The molecule has 1 aromatic carbocycles. The number of nitrogens with one attached hydrogen (secondary N) is 1. The highest BCUT2D eigenvalue weighted by Crippen LogP contribution is 2.28. The Morgan fingerprint density at radius 3 is 2.72 bits per heavy atom. The van der Waals surface area contributed by atoms with Gasteiger partial charge in [-0.1, -0.05) is 18.2 Å². The van der Waals surface area contributed by atoms with E-state index in [0.29, 0.717) is 43.7 Å². The molecule has 0 spiro atoms. The van der Waals surface area contributed by atoms with Crippen LogP contribution in [0.15, 0.2) is 45.6 Å². The topological polar surface area (TPSA) is 95.4 Å². The fraction of sp³-hybridized carbons (Fsp3) is 0.444. The summed E-state index contributed by atoms with van der Waals surface area (Å²) in [6.45, 7) is 3.08. The molecule has 4 heterocycles. The molecule has 1 saturated heterocycles. The van der Waals surface area contributed by atoms with Crippen LogP contribution >= 0.6 is 0 Å². The van der Waals surface area contributed by atoms with Gasteiger partial charge in [0.15, 0.2) is 5.76 Å². The first-order valence-electron chi connectivity index (χ1n) is 12.5. The standard InChI is InChI=1S/C27H31N3O6/c1-34-23-16-24(31)29-14-13-28(17-19-15-18-7-3-4-9-22(18)36-19)12-10-20(29)25(23)26(32)30-11-6-5-8-21(30)27(33)35-2/h3-4,7,9,15-16,21H,5-6,8,10-14,17H2,1-2H3/p+1. The van der Waals surface area contributed by atoms with E-state index >= 15 is 0 Å². The zero-order valence-electron chi connectivity index (χ0n) is 20.7. The van der Waals surface area contributed by atoms with Crippen molar-refractivity contribution in [3.8, 4) is 5.75 Å². The van der Waals surface area contributed by atoms with Crippen molar-refractivity contribution in [2.24, 2.45) is 0 Å². The third-order valence-electron chi connectivity index (χ3n) is 7.36. The maximum atomic E-state index is 13.9. The molecular weight excluding hydrogens is 462 g/mol. The van der Waals surface area contributed by atoms with Gasteiger partial charge in [0.1, 0.15) is 29.5 Å². The first kappa shape index (κ1) is 24.1. The number of para-hydroxylation sites is 1. The van der Waals surface area contributed by atoms with Crippen LogP contribution in [0, 0.1) is 0 Å². The second-order valence-corrected chi connectivity index (χ2v) is 9.48. The molecule has 190 valence electrons. The number of nitrogens with zero attached hydrogens (tertiary/aromatic N) is 2. The fourth-order valence-electron chi connectivity index (χ4n) is 5.50. The van der Waals surface area contributed by atoms with E-state index in [1.54, 1.807) is 9.47 Å². The number of quaternary nitrogens is 1. The monoisotopic (exact) mass is 494 g/mol. The average molecular weight is 495 g/mol. The molecule has 2 unspecified atom stereocenters. The lowest BCUT2D eigenvalue weighted by Gasteiger charge is -2.34. The van der Waals surface area contributed by atoms with Crippen LogP contribution in [-0.4, -0.2) is 61.2 Å². The molecule has 3 aromatic rings. The molecule has 2 aromatic heterocycles.